The van der Waals surface area contributed by atoms with E-state index in [0.29, 0.717) is 25.3 Å². The molecule has 0 bridgehead atoms. The maximum atomic E-state index is 11.5. The number of carbonyl (C=O) groups excluding carboxylic acids is 1. The number of non-ortho nitro benzene ring substituents is 1. The molecule has 8 heteroatoms. The number of benzene rings is 1. The summed E-state index contributed by atoms with van der Waals surface area (Å²) in [7, 11) is 0. The van der Waals surface area contributed by atoms with Crippen LogP contribution in [0.25, 0.3) is 0 Å². The van der Waals surface area contributed by atoms with Gasteiger partial charge in [0.2, 0.25) is 5.91 Å². The predicted octanol–water partition coefficient (Wildman–Crippen LogP) is -0.270. The fourth-order valence-corrected chi connectivity index (χ4v) is 2.22. The molecule has 104 valence electrons. The molecule has 1 aliphatic heterocycles. The standard InChI is InChI=1S/C12H13N5O3/c13-6-8-5-9(17(19)20)1-2-10(8)16-4-3-15-7-11(16)12(14)18/h1-2,5,11,15H,3-4,7H2,(H2,14,18). The Bertz CT molecular complexity index is 595. The van der Waals surface area contributed by atoms with E-state index in [2.05, 4.69) is 5.32 Å². The lowest BCUT2D eigenvalue weighted by Crippen LogP contribution is -2.57. The van der Waals surface area contributed by atoms with Crippen LogP contribution in [0.4, 0.5) is 11.4 Å². The Morgan fingerprint density at radius 3 is 2.95 bits per heavy atom. The fraction of sp³-hybridized carbons (Fsp3) is 0.333. The topological polar surface area (TPSA) is 125 Å². The van der Waals surface area contributed by atoms with Crippen LogP contribution >= 0.6 is 0 Å². The number of nitriles is 1. The Kier molecular flexibility index (Phi) is 3.81. The van der Waals surface area contributed by atoms with Gasteiger partial charge in [0.1, 0.15) is 12.1 Å². The number of hydrogen-bond acceptors (Lipinski definition) is 6. The maximum Gasteiger partial charge on any atom is 0.270 e. The van der Waals surface area contributed by atoms with Gasteiger partial charge in [0.15, 0.2) is 0 Å². The van der Waals surface area contributed by atoms with Gasteiger partial charge in [0.25, 0.3) is 5.69 Å². The Balaban J connectivity index is 2.43. The van der Waals surface area contributed by atoms with Crippen molar-refractivity contribution in [3.05, 3.63) is 33.9 Å². The quantitative estimate of drug-likeness (QED) is 0.577. The third kappa shape index (κ3) is 2.53. The lowest BCUT2D eigenvalue weighted by atomic mass is 10.1. The van der Waals surface area contributed by atoms with Crippen molar-refractivity contribution < 1.29 is 9.72 Å². The molecule has 2 rings (SSSR count). The molecule has 1 aromatic carbocycles. The number of rotatable bonds is 3. The van der Waals surface area contributed by atoms with E-state index in [4.69, 9.17) is 11.0 Å². The second-order valence-corrected chi connectivity index (χ2v) is 4.39. The average Bonchev–Trinajstić information content (AvgIpc) is 2.46. The van der Waals surface area contributed by atoms with Gasteiger partial charge in [-0.15, -0.1) is 0 Å². The molecule has 1 aliphatic rings. The van der Waals surface area contributed by atoms with Crippen molar-refractivity contribution in [1.82, 2.24) is 5.32 Å². The average molecular weight is 275 g/mol. The van der Waals surface area contributed by atoms with Crippen molar-refractivity contribution in [1.29, 1.82) is 5.26 Å². The molecule has 1 aromatic rings. The Hall–Kier alpha value is -2.66. The molecule has 1 fully saturated rings. The first-order valence-corrected chi connectivity index (χ1v) is 6.00. The van der Waals surface area contributed by atoms with Crippen LogP contribution in [0.2, 0.25) is 0 Å². The number of nitro benzene ring substituents is 1. The van der Waals surface area contributed by atoms with E-state index in [1.54, 1.807) is 4.90 Å². The second-order valence-electron chi connectivity index (χ2n) is 4.39. The molecular weight excluding hydrogens is 262 g/mol. The lowest BCUT2D eigenvalue weighted by Gasteiger charge is -2.36. The number of nitrogens with one attached hydrogen (secondary N) is 1. The fourth-order valence-electron chi connectivity index (χ4n) is 2.22. The Morgan fingerprint density at radius 2 is 2.35 bits per heavy atom. The van der Waals surface area contributed by atoms with Crippen LogP contribution in [-0.2, 0) is 4.79 Å². The highest BCUT2D eigenvalue weighted by Crippen LogP contribution is 2.27. The Morgan fingerprint density at radius 1 is 1.60 bits per heavy atom. The summed E-state index contributed by atoms with van der Waals surface area (Å²) in [6.07, 6.45) is 0. The molecule has 1 atom stereocenters. The zero-order chi connectivity index (χ0) is 14.7. The van der Waals surface area contributed by atoms with E-state index >= 15 is 0 Å². The van der Waals surface area contributed by atoms with E-state index in [1.807, 2.05) is 6.07 Å². The largest absolute Gasteiger partial charge is 0.368 e. The van der Waals surface area contributed by atoms with Crippen LogP contribution in [0.5, 0.6) is 0 Å². The highest BCUT2D eigenvalue weighted by Gasteiger charge is 2.29. The molecule has 0 aromatic heterocycles. The van der Waals surface area contributed by atoms with E-state index < -0.39 is 16.9 Å². The van der Waals surface area contributed by atoms with Crippen molar-refractivity contribution >= 4 is 17.3 Å². The maximum absolute atomic E-state index is 11.5. The van der Waals surface area contributed by atoms with Gasteiger partial charge in [-0.1, -0.05) is 0 Å². The second kappa shape index (κ2) is 5.54. The summed E-state index contributed by atoms with van der Waals surface area (Å²) in [6.45, 7) is 1.53. The van der Waals surface area contributed by atoms with Gasteiger partial charge >= 0.3 is 0 Å². The van der Waals surface area contributed by atoms with Gasteiger partial charge < -0.3 is 16.0 Å². The molecule has 3 N–H and O–H groups in total. The first-order chi connectivity index (χ1) is 9.54. The Labute approximate surface area is 114 Å². The van der Waals surface area contributed by atoms with Crippen LogP contribution < -0.4 is 16.0 Å². The van der Waals surface area contributed by atoms with Crippen molar-refractivity contribution in [3.63, 3.8) is 0 Å². The number of amides is 1. The van der Waals surface area contributed by atoms with E-state index in [1.165, 1.54) is 18.2 Å². The zero-order valence-corrected chi connectivity index (χ0v) is 10.6. The molecule has 1 heterocycles. The minimum Gasteiger partial charge on any atom is -0.368 e. The molecule has 1 amide bonds. The number of nitrogens with two attached hydrogens (primary N) is 1. The zero-order valence-electron chi connectivity index (χ0n) is 10.6. The number of nitro groups is 1. The summed E-state index contributed by atoms with van der Waals surface area (Å²) in [5.41, 5.74) is 5.85. The first-order valence-electron chi connectivity index (χ1n) is 6.00. The van der Waals surface area contributed by atoms with E-state index in [-0.39, 0.29) is 11.3 Å². The monoisotopic (exact) mass is 275 g/mol. The summed E-state index contributed by atoms with van der Waals surface area (Å²) in [4.78, 5) is 23.3. The number of piperazine rings is 1. The summed E-state index contributed by atoms with van der Waals surface area (Å²) < 4.78 is 0. The summed E-state index contributed by atoms with van der Waals surface area (Å²) in [5.74, 6) is -0.501. The van der Waals surface area contributed by atoms with Crippen LogP contribution in [0.15, 0.2) is 18.2 Å². The van der Waals surface area contributed by atoms with Gasteiger partial charge in [0, 0.05) is 31.8 Å². The van der Waals surface area contributed by atoms with Gasteiger partial charge in [-0.25, -0.2) is 0 Å². The van der Waals surface area contributed by atoms with Crippen molar-refractivity contribution in [2.75, 3.05) is 24.5 Å². The highest BCUT2D eigenvalue weighted by molar-refractivity contribution is 5.85. The van der Waals surface area contributed by atoms with Gasteiger partial charge in [-0.3, -0.25) is 14.9 Å². The van der Waals surface area contributed by atoms with Gasteiger partial charge in [-0.2, -0.15) is 5.26 Å². The molecule has 20 heavy (non-hydrogen) atoms. The molecule has 0 radical (unpaired) electrons. The van der Waals surface area contributed by atoms with Crippen LogP contribution in [0.3, 0.4) is 0 Å². The van der Waals surface area contributed by atoms with Crippen molar-refractivity contribution in [2.45, 2.75) is 6.04 Å². The summed E-state index contributed by atoms with van der Waals surface area (Å²) >= 11 is 0. The summed E-state index contributed by atoms with van der Waals surface area (Å²) in [5, 5.41) is 22.9. The molecule has 0 spiro atoms. The van der Waals surface area contributed by atoms with Gasteiger partial charge in [0.05, 0.1) is 16.2 Å². The predicted molar refractivity (Wildman–Crippen MR) is 71.0 cm³/mol. The lowest BCUT2D eigenvalue weighted by molar-refractivity contribution is -0.384. The molecule has 8 nitrogen and oxygen atoms in total. The highest BCUT2D eigenvalue weighted by atomic mass is 16.6. The third-order valence-corrected chi connectivity index (χ3v) is 3.19. The third-order valence-electron chi connectivity index (χ3n) is 3.19. The van der Waals surface area contributed by atoms with Gasteiger partial charge in [-0.05, 0) is 6.07 Å². The molecule has 0 saturated carbocycles. The van der Waals surface area contributed by atoms with Crippen molar-refractivity contribution in [2.24, 2.45) is 5.73 Å². The van der Waals surface area contributed by atoms with Crippen molar-refractivity contribution in [3.8, 4) is 6.07 Å². The van der Waals surface area contributed by atoms with Crippen LogP contribution in [0.1, 0.15) is 5.56 Å². The number of primary amides is 1. The smallest absolute Gasteiger partial charge is 0.270 e. The van der Waals surface area contributed by atoms with E-state index in [0.717, 1.165) is 0 Å². The SMILES string of the molecule is N#Cc1cc([N+](=O)[O-])ccc1N1CCNCC1C(N)=O. The molecular formula is C12H13N5O3. The number of anilines is 1. The minimum absolute atomic E-state index is 0.156. The molecule has 1 unspecified atom stereocenters. The van der Waals surface area contributed by atoms with Crippen LogP contribution in [0, 0.1) is 21.4 Å². The number of carbonyl (C=O) groups is 1. The van der Waals surface area contributed by atoms with Crippen LogP contribution in [-0.4, -0.2) is 36.5 Å². The first kappa shape index (κ1) is 13.8. The minimum atomic E-state index is -0.572. The summed E-state index contributed by atoms with van der Waals surface area (Å²) in [6, 6.07) is 5.36. The van der Waals surface area contributed by atoms with E-state index in [9.17, 15) is 14.9 Å². The molecule has 1 saturated heterocycles. The molecule has 0 aliphatic carbocycles. The normalized spacial score (nSPS) is 18.4. The number of hydrogen-bond donors (Lipinski definition) is 2. The number of nitrogens with zero attached hydrogens (tertiary/aromatic N) is 3.